The molecule has 0 bridgehead atoms. The van der Waals surface area contributed by atoms with E-state index in [0.717, 1.165) is 56.3 Å². The van der Waals surface area contributed by atoms with Crippen LogP contribution >= 0.6 is 0 Å². The van der Waals surface area contributed by atoms with Crippen molar-refractivity contribution in [3.8, 4) is 0 Å². The number of rotatable bonds is 3. The number of carbonyl (C=O) groups excluding carboxylic acids is 1. The van der Waals surface area contributed by atoms with Gasteiger partial charge in [-0.2, -0.15) is 5.10 Å². The zero-order chi connectivity index (χ0) is 17.4. The molecule has 24 heavy (non-hydrogen) atoms. The van der Waals surface area contributed by atoms with Crippen molar-refractivity contribution in [3.63, 3.8) is 0 Å². The highest BCUT2D eigenvalue weighted by Gasteiger charge is 2.38. The van der Waals surface area contributed by atoms with E-state index in [1.165, 1.54) is 0 Å². The molecule has 0 aromatic carbocycles. The molecule has 0 spiro atoms. The fraction of sp³-hybridized carbons (Fsp3) is 0.778. The van der Waals surface area contributed by atoms with Crippen molar-refractivity contribution in [2.45, 2.75) is 39.7 Å². The Balaban J connectivity index is 1.71. The molecule has 1 aromatic heterocycles. The summed E-state index contributed by atoms with van der Waals surface area (Å²) in [5, 5.41) is 4.47. The Morgan fingerprint density at radius 3 is 2.50 bits per heavy atom. The minimum Gasteiger partial charge on any atom is -0.379 e. The van der Waals surface area contributed by atoms with Crippen LogP contribution in [0.1, 0.15) is 36.7 Å². The molecule has 2 aliphatic heterocycles. The first-order valence-corrected chi connectivity index (χ1v) is 9.00. The first kappa shape index (κ1) is 17.4. The quantitative estimate of drug-likeness (QED) is 0.837. The molecule has 0 saturated carbocycles. The molecule has 6 nitrogen and oxygen atoms in total. The van der Waals surface area contributed by atoms with Gasteiger partial charge < -0.3 is 9.64 Å². The Bertz CT molecular complexity index is 606. The van der Waals surface area contributed by atoms with Gasteiger partial charge in [-0.15, -0.1) is 0 Å². The number of nitrogens with zero attached hydrogens (tertiary/aromatic N) is 4. The van der Waals surface area contributed by atoms with Gasteiger partial charge in [0.1, 0.15) is 0 Å². The van der Waals surface area contributed by atoms with E-state index in [0.29, 0.717) is 12.0 Å². The summed E-state index contributed by atoms with van der Waals surface area (Å²) < 4.78 is 7.33. The van der Waals surface area contributed by atoms with Crippen LogP contribution in [-0.2, 0) is 16.6 Å². The lowest BCUT2D eigenvalue weighted by Crippen LogP contribution is -2.47. The van der Waals surface area contributed by atoms with Crippen molar-refractivity contribution < 1.29 is 9.53 Å². The molecule has 3 heterocycles. The predicted octanol–water partition coefficient (Wildman–Crippen LogP) is 1.32. The van der Waals surface area contributed by atoms with Gasteiger partial charge >= 0.3 is 0 Å². The third kappa shape index (κ3) is 3.09. The molecule has 2 saturated heterocycles. The molecule has 3 atom stereocenters. The number of hydrogen-bond acceptors (Lipinski definition) is 4. The van der Waals surface area contributed by atoms with Gasteiger partial charge in [-0.3, -0.25) is 14.4 Å². The van der Waals surface area contributed by atoms with Gasteiger partial charge in [0.15, 0.2) is 0 Å². The molecule has 0 radical (unpaired) electrons. The molecule has 2 aliphatic rings. The maximum absolute atomic E-state index is 13.1. The van der Waals surface area contributed by atoms with Gasteiger partial charge in [0.2, 0.25) is 5.91 Å². The summed E-state index contributed by atoms with van der Waals surface area (Å²) in [4.78, 5) is 17.6. The second kappa shape index (κ2) is 6.84. The number of amides is 1. The average Bonchev–Trinajstić information content (AvgIpc) is 3.07. The lowest BCUT2D eigenvalue weighted by Gasteiger charge is -2.34. The Morgan fingerprint density at radius 1 is 1.25 bits per heavy atom. The minimum absolute atomic E-state index is 0.130. The number of morpholine rings is 1. The maximum atomic E-state index is 13.1. The van der Waals surface area contributed by atoms with E-state index < -0.39 is 0 Å². The van der Waals surface area contributed by atoms with Crippen molar-refractivity contribution in [3.05, 3.63) is 17.0 Å². The molecule has 1 aromatic rings. The molecule has 6 heteroatoms. The lowest BCUT2D eigenvalue weighted by molar-refractivity contribution is -0.131. The maximum Gasteiger partial charge on any atom is 0.230 e. The third-order valence-electron chi connectivity index (χ3n) is 5.77. The summed E-state index contributed by atoms with van der Waals surface area (Å²) in [6.45, 7) is 13.6. The van der Waals surface area contributed by atoms with E-state index in [4.69, 9.17) is 4.74 Å². The summed E-state index contributed by atoms with van der Waals surface area (Å²) in [6.07, 6.45) is 0. The van der Waals surface area contributed by atoms with Crippen LogP contribution in [0.3, 0.4) is 0 Å². The van der Waals surface area contributed by atoms with Crippen LogP contribution in [0.4, 0.5) is 0 Å². The van der Waals surface area contributed by atoms with Crippen LogP contribution in [-0.4, -0.2) is 70.9 Å². The highest BCUT2D eigenvalue weighted by molar-refractivity contribution is 5.84. The van der Waals surface area contributed by atoms with Crippen molar-refractivity contribution >= 4 is 5.91 Å². The van der Waals surface area contributed by atoms with Crippen LogP contribution in [0, 0.1) is 19.8 Å². The molecule has 3 rings (SSSR count). The third-order valence-corrected chi connectivity index (χ3v) is 5.77. The fourth-order valence-electron chi connectivity index (χ4n) is 4.33. The molecule has 0 unspecified atom stereocenters. The monoisotopic (exact) mass is 334 g/mol. The van der Waals surface area contributed by atoms with E-state index in [-0.39, 0.29) is 11.8 Å². The number of hydrogen-bond donors (Lipinski definition) is 0. The smallest absolute Gasteiger partial charge is 0.230 e. The Hall–Kier alpha value is -1.40. The van der Waals surface area contributed by atoms with Crippen molar-refractivity contribution in [2.75, 3.05) is 39.4 Å². The van der Waals surface area contributed by atoms with E-state index in [1.807, 2.05) is 32.5 Å². The number of aryl methyl sites for hydroxylation is 2. The molecule has 0 N–H and O–H groups in total. The fourth-order valence-corrected chi connectivity index (χ4v) is 4.33. The summed E-state index contributed by atoms with van der Waals surface area (Å²) in [5.74, 6) is 0.612. The van der Waals surface area contributed by atoms with Crippen LogP contribution in [0.25, 0.3) is 0 Å². The molecule has 0 aliphatic carbocycles. The van der Waals surface area contributed by atoms with Crippen LogP contribution < -0.4 is 0 Å². The van der Waals surface area contributed by atoms with E-state index >= 15 is 0 Å². The number of aromatic nitrogens is 2. The van der Waals surface area contributed by atoms with Crippen molar-refractivity contribution in [1.82, 2.24) is 19.6 Å². The molecular weight excluding hydrogens is 304 g/mol. The first-order valence-electron chi connectivity index (χ1n) is 9.00. The molecule has 1 amide bonds. The Morgan fingerprint density at radius 2 is 1.92 bits per heavy atom. The second-order valence-corrected chi connectivity index (χ2v) is 7.37. The highest BCUT2D eigenvalue weighted by Crippen LogP contribution is 2.29. The van der Waals surface area contributed by atoms with Crippen molar-refractivity contribution in [1.29, 1.82) is 0 Å². The van der Waals surface area contributed by atoms with Gasteiger partial charge in [-0.25, -0.2) is 0 Å². The molecular formula is C18H30N4O2. The van der Waals surface area contributed by atoms with Gasteiger partial charge in [0, 0.05) is 50.5 Å². The Labute approximate surface area is 144 Å². The molecule has 134 valence electrons. The van der Waals surface area contributed by atoms with E-state index in [1.54, 1.807) is 0 Å². The van der Waals surface area contributed by atoms with E-state index in [9.17, 15) is 4.79 Å². The average molecular weight is 334 g/mol. The summed E-state index contributed by atoms with van der Waals surface area (Å²) >= 11 is 0. The first-order chi connectivity index (χ1) is 11.4. The normalized spacial score (nSPS) is 26.8. The van der Waals surface area contributed by atoms with Gasteiger partial charge in [-0.05, 0) is 26.7 Å². The van der Waals surface area contributed by atoms with Gasteiger partial charge in [-0.1, -0.05) is 6.92 Å². The molecule has 2 fully saturated rings. The second-order valence-electron chi connectivity index (χ2n) is 7.37. The number of ether oxygens (including phenoxy) is 1. The van der Waals surface area contributed by atoms with Crippen LogP contribution in [0.15, 0.2) is 0 Å². The minimum atomic E-state index is -0.130. The number of likely N-dealkylation sites (tertiary alicyclic amines) is 1. The topological polar surface area (TPSA) is 50.6 Å². The van der Waals surface area contributed by atoms with Gasteiger partial charge in [0.05, 0.1) is 24.8 Å². The largest absolute Gasteiger partial charge is 0.379 e. The lowest BCUT2D eigenvalue weighted by atomic mass is 9.98. The zero-order valence-electron chi connectivity index (χ0n) is 15.6. The summed E-state index contributed by atoms with van der Waals surface area (Å²) in [5.41, 5.74) is 3.14. The van der Waals surface area contributed by atoms with E-state index in [2.05, 4.69) is 21.8 Å². The van der Waals surface area contributed by atoms with Crippen molar-refractivity contribution in [2.24, 2.45) is 13.0 Å². The SMILES string of the molecule is Cc1nn(C)c(C)c1[C@H](C)C(=O)N1C[C@H](C)[C@@H](N2CCOCC2)C1. The highest BCUT2D eigenvalue weighted by atomic mass is 16.5. The van der Waals surface area contributed by atoms with Crippen LogP contribution in [0.5, 0.6) is 0 Å². The summed E-state index contributed by atoms with van der Waals surface area (Å²) in [6, 6.07) is 0.459. The van der Waals surface area contributed by atoms with Gasteiger partial charge in [0.25, 0.3) is 0 Å². The number of carbonyl (C=O) groups is 1. The van der Waals surface area contributed by atoms with Crippen LogP contribution in [0.2, 0.25) is 0 Å². The standard InChI is InChI=1S/C18H30N4O2/c1-12-10-22(11-16(12)21-6-8-24-9-7-21)18(23)13(2)17-14(3)19-20(5)15(17)4/h12-13,16H,6-11H2,1-5H3/t12-,13-,16-/m0/s1. The zero-order valence-corrected chi connectivity index (χ0v) is 15.6. The predicted molar refractivity (Wildman–Crippen MR) is 93.0 cm³/mol. The Kier molecular flexibility index (Phi) is 4.97. The summed E-state index contributed by atoms with van der Waals surface area (Å²) in [7, 11) is 1.94.